The number of carbonyl (C=O) groups excluding carboxylic acids is 2. The molecule has 1 saturated heterocycles. The third kappa shape index (κ3) is 3.78. The van der Waals surface area contributed by atoms with Gasteiger partial charge in [-0.15, -0.1) is 0 Å². The number of esters is 1. The van der Waals surface area contributed by atoms with Crippen LogP contribution in [0.15, 0.2) is 18.2 Å². The molecule has 5 nitrogen and oxygen atoms in total. The lowest BCUT2D eigenvalue weighted by Gasteiger charge is -2.26. The number of rotatable bonds is 3. The van der Waals surface area contributed by atoms with E-state index in [9.17, 15) is 14.0 Å². The lowest BCUT2D eigenvalue weighted by molar-refractivity contribution is -0.135. The highest BCUT2D eigenvalue weighted by molar-refractivity contribution is 5.91. The summed E-state index contributed by atoms with van der Waals surface area (Å²) in [7, 11) is 0. The van der Waals surface area contributed by atoms with Gasteiger partial charge in [0, 0.05) is 13.1 Å². The Kier molecular flexibility index (Phi) is 4.88. The molecule has 2 rings (SSSR count). The first-order valence-electron chi connectivity index (χ1n) is 6.76. The number of hydrogen-bond donors (Lipinski definition) is 0. The molecule has 1 aromatic carbocycles. The van der Waals surface area contributed by atoms with Crippen molar-refractivity contribution in [2.75, 3.05) is 19.7 Å². The van der Waals surface area contributed by atoms with Crippen molar-refractivity contribution < 1.29 is 18.7 Å². The van der Waals surface area contributed by atoms with Gasteiger partial charge in [0.2, 0.25) is 0 Å². The number of piperidine rings is 1. The molecule has 1 heterocycles. The number of carbonyl (C=O) groups is 2. The van der Waals surface area contributed by atoms with E-state index >= 15 is 0 Å². The maximum atomic E-state index is 13.6. The maximum absolute atomic E-state index is 13.6. The minimum absolute atomic E-state index is 0.119. The molecule has 110 valence electrons. The van der Waals surface area contributed by atoms with Crippen LogP contribution in [-0.4, -0.2) is 36.5 Å². The van der Waals surface area contributed by atoms with Crippen molar-refractivity contribution in [3.63, 3.8) is 0 Å². The Balaban J connectivity index is 1.92. The van der Waals surface area contributed by atoms with Crippen LogP contribution in [0.5, 0.6) is 0 Å². The van der Waals surface area contributed by atoms with Gasteiger partial charge in [0.15, 0.2) is 6.61 Å². The Labute approximate surface area is 121 Å². The molecule has 21 heavy (non-hydrogen) atoms. The highest BCUT2D eigenvalue weighted by atomic mass is 19.1. The molecule has 0 N–H and O–H groups in total. The first-order chi connectivity index (χ1) is 10.1. The van der Waals surface area contributed by atoms with Crippen LogP contribution < -0.4 is 0 Å². The molecular weight excluding hydrogens is 275 g/mol. The predicted molar refractivity (Wildman–Crippen MR) is 71.8 cm³/mol. The van der Waals surface area contributed by atoms with Crippen molar-refractivity contribution in [2.24, 2.45) is 0 Å². The lowest BCUT2D eigenvalue weighted by atomic mass is 10.1. The number of likely N-dealkylation sites (tertiary alicyclic amines) is 1. The summed E-state index contributed by atoms with van der Waals surface area (Å²) in [4.78, 5) is 25.2. The van der Waals surface area contributed by atoms with E-state index in [-0.39, 0.29) is 17.0 Å². The summed E-state index contributed by atoms with van der Waals surface area (Å²) in [6, 6.07) is 5.24. The fourth-order valence-corrected chi connectivity index (χ4v) is 2.19. The minimum Gasteiger partial charge on any atom is -0.452 e. The van der Waals surface area contributed by atoms with Crippen LogP contribution in [0.4, 0.5) is 4.39 Å². The normalized spacial score (nSPS) is 14.4. The molecule has 0 aromatic heterocycles. The zero-order valence-corrected chi connectivity index (χ0v) is 11.5. The van der Waals surface area contributed by atoms with Crippen LogP contribution in [0, 0.1) is 17.1 Å². The lowest BCUT2D eigenvalue weighted by Crippen LogP contribution is -2.38. The van der Waals surface area contributed by atoms with Gasteiger partial charge in [0.25, 0.3) is 5.91 Å². The molecular formula is C15H15FN2O3. The molecule has 0 saturated carbocycles. The quantitative estimate of drug-likeness (QED) is 0.797. The molecule has 0 atom stereocenters. The fraction of sp³-hybridized carbons (Fsp3) is 0.400. The van der Waals surface area contributed by atoms with Gasteiger partial charge < -0.3 is 9.64 Å². The van der Waals surface area contributed by atoms with Gasteiger partial charge in [-0.3, -0.25) is 4.79 Å². The van der Waals surface area contributed by atoms with Crippen LogP contribution in [0.2, 0.25) is 0 Å². The molecule has 1 fully saturated rings. The fourth-order valence-electron chi connectivity index (χ4n) is 2.19. The number of amides is 1. The SMILES string of the molecule is N#Cc1ccc(C(=O)OCC(=O)N2CCCCC2)c(F)c1. The van der Waals surface area contributed by atoms with E-state index in [0.717, 1.165) is 25.3 Å². The number of benzene rings is 1. The van der Waals surface area contributed by atoms with Gasteiger partial charge >= 0.3 is 5.97 Å². The molecule has 0 aliphatic carbocycles. The van der Waals surface area contributed by atoms with Crippen LogP contribution in [0.3, 0.4) is 0 Å². The summed E-state index contributed by atoms with van der Waals surface area (Å²) in [5, 5.41) is 8.63. The highest BCUT2D eigenvalue weighted by Crippen LogP contribution is 2.12. The first-order valence-corrected chi connectivity index (χ1v) is 6.76. The summed E-state index contributed by atoms with van der Waals surface area (Å²) in [5.74, 6) is -2.00. The Morgan fingerprint density at radius 1 is 1.29 bits per heavy atom. The molecule has 1 amide bonds. The van der Waals surface area contributed by atoms with E-state index in [1.54, 1.807) is 11.0 Å². The Morgan fingerprint density at radius 2 is 2.00 bits per heavy atom. The molecule has 1 aliphatic rings. The number of halogens is 1. The van der Waals surface area contributed by atoms with E-state index in [2.05, 4.69) is 0 Å². The molecule has 6 heteroatoms. The van der Waals surface area contributed by atoms with Crippen LogP contribution in [0.25, 0.3) is 0 Å². The topological polar surface area (TPSA) is 70.4 Å². The summed E-state index contributed by atoms with van der Waals surface area (Å²) in [6.45, 7) is 0.946. The van der Waals surface area contributed by atoms with Crippen molar-refractivity contribution in [3.8, 4) is 6.07 Å². The van der Waals surface area contributed by atoms with E-state index in [4.69, 9.17) is 10.00 Å². The molecule has 0 bridgehead atoms. The standard InChI is InChI=1S/C15H15FN2O3/c16-13-8-11(9-17)4-5-12(13)15(20)21-10-14(19)18-6-2-1-3-7-18/h4-5,8H,1-3,6-7,10H2. The summed E-state index contributed by atoms with van der Waals surface area (Å²) in [5.41, 5.74) is -0.158. The van der Waals surface area contributed by atoms with Crippen molar-refractivity contribution in [1.29, 1.82) is 5.26 Å². The van der Waals surface area contributed by atoms with Crippen molar-refractivity contribution in [3.05, 3.63) is 35.1 Å². The van der Waals surface area contributed by atoms with Crippen LogP contribution >= 0.6 is 0 Å². The molecule has 0 spiro atoms. The second kappa shape index (κ2) is 6.84. The van der Waals surface area contributed by atoms with Gasteiger partial charge in [-0.2, -0.15) is 5.26 Å². The maximum Gasteiger partial charge on any atom is 0.341 e. The summed E-state index contributed by atoms with van der Waals surface area (Å²) in [6.07, 6.45) is 2.99. The van der Waals surface area contributed by atoms with Gasteiger partial charge in [0.05, 0.1) is 17.2 Å². The summed E-state index contributed by atoms with van der Waals surface area (Å²) < 4.78 is 18.5. The van der Waals surface area contributed by atoms with E-state index in [1.807, 2.05) is 0 Å². The number of nitriles is 1. The van der Waals surface area contributed by atoms with Crippen LogP contribution in [0.1, 0.15) is 35.2 Å². The smallest absolute Gasteiger partial charge is 0.341 e. The third-order valence-corrected chi connectivity index (χ3v) is 3.35. The van der Waals surface area contributed by atoms with Crippen LogP contribution in [-0.2, 0) is 9.53 Å². The van der Waals surface area contributed by atoms with Crippen molar-refractivity contribution in [2.45, 2.75) is 19.3 Å². The minimum atomic E-state index is -0.901. The van der Waals surface area contributed by atoms with Crippen molar-refractivity contribution in [1.82, 2.24) is 4.90 Å². The molecule has 1 aromatic rings. The van der Waals surface area contributed by atoms with E-state index < -0.39 is 18.4 Å². The van der Waals surface area contributed by atoms with Gasteiger partial charge in [-0.1, -0.05) is 0 Å². The number of hydrogen-bond acceptors (Lipinski definition) is 4. The predicted octanol–water partition coefficient (Wildman–Crippen LogP) is 1.87. The average Bonchev–Trinajstić information content (AvgIpc) is 2.52. The van der Waals surface area contributed by atoms with Gasteiger partial charge in [-0.05, 0) is 37.5 Å². The number of ether oxygens (including phenoxy) is 1. The molecule has 0 radical (unpaired) electrons. The van der Waals surface area contributed by atoms with Gasteiger partial charge in [0.1, 0.15) is 5.82 Å². The van der Waals surface area contributed by atoms with E-state index in [1.165, 1.54) is 12.1 Å². The zero-order valence-electron chi connectivity index (χ0n) is 11.5. The molecule has 1 aliphatic heterocycles. The second-order valence-corrected chi connectivity index (χ2v) is 4.82. The average molecular weight is 290 g/mol. The third-order valence-electron chi connectivity index (χ3n) is 3.35. The monoisotopic (exact) mass is 290 g/mol. The molecule has 0 unspecified atom stereocenters. The Morgan fingerprint density at radius 3 is 2.62 bits per heavy atom. The zero-order chi connectivity index (χ0) is 15.2. The Hall–Kier alpha value is -2.42. The highest BCUT2D eigenvalue weighted by Gasteiger charge is 2.20. The van der Waals surface area contributed by atoms with Gasteiger partial charge in [-0.25, -0.2) is 9.18 Å². The Bertz CT molecular complexity index is 589. The largest absolute Gasteiger partial charge is 0.452 e. The number of nitrogens with zero attached hydrogens (tertiary/aromatic N) is 2. The van der Waals surface area contributed by atoms with Crippen molar-refractivity contribution >= 4 is 11.9 Å². The van der Waals surface area contributed by atoms with E-state index in [0.29, 0.717) is 13.1 Å². The first kappa shape index (κ1) is 15.0. The second-order valence-electron chi connectivity index (χ2n) is 4.82. The summed E-state index contributed by atoms with van der Waals surface area (Å²) >= 11 is 0.